The van der Waals surface area contributed by atoms with E-state index < -0.39 is 0 Å². The predicted molar refractivity (Wildman–Crippen MR) is 89.7 cm³/mol. The van der Waals surface area contributed by atoms with Gasteiger partial charge in [0.2, 0.25) is 0 Å². The lowest BCUT2D eigenvalue weighted by atomic mass is 9.85. The molecule has 1 nitrogen and oxygen atoms in total. The van der Waals surface area contributed by atoms with E-state index in [1.807, 2.05) is 6.07 Å². The van der Waals surface area contributed by atoms with Crippen molar-refractivity contribution in [2.24, 2.45) is 5.41 Å². The first-order chi connectivity index (χ1) is 9.95. The highest BCUT2D eigenvalue weighted by molar-refractivity contribution is 6.30. The van der Waals surface area contributed by atoms with Crippen LogP contribution in [0.1, 0.15) is 42.1 Å². The van der Waals surface area contributed by atoms with Crippen molar-refractivity contribution >= 4 is 11.6 Å². The van der Waals surface area contributed by atoms with Gasteiger partial charge in [0.1, 0.15) is 0 Å². The number of nitrogens with one attached hydrogen (secondary N) is 1. The van der Waals surface area contributed by atoms with E-state index in [-0.39, 0.29) is 5.41 Å². The molecule has 110 valence electrons. The first kappa shape index (κ1) is 14.6. The van der Waals surface area contributed by atoms with E-state index in [9.17, 15) is 0 Å². The maximum atomic E-state index is 6.19. The van der Waals surface area contributed by atoms with E-state index in [4.69, 9.17) is 11.6 Å². The standard InChI is InChI=1S/C19H22ClN/c1-13-4-6-14(7-5-13)12-21-18-17-10-16(20)9-8-15(17)11-19(18,2)3/h4-10,18,21H,11-12H2,1-3H3. The lowest BCUT2D eigenvalue weighted by molar-refractivity contribution is 0.268. The zero-order chi connectivity index (χ0) is 15.0. The van der Waals surface area contributed by atoms with Crippen LogP contribution in [0, 0.1) is 12.3 Å². The van der Waals surface area contributed by atoms with E-state index >= 15 is 0 Å². The van der Waals surface area contributed by atoms with Gasteiger partial charge in [0, 0.05) is 17.6 Å². The van der Waals surface area contributed by atoms with Crippen LogP contribution in [0.3, 0.4) is 0 Å². The van der Waals surface area contributed by atoms with E-state index in [2.05, 4.69) is 62.5 Å². The lowest BCUT2D eigenvalue weighted by Crippen LogP contribution is -2.30. The van der Waals surface area contributed by atoms with Gasteiger partial charge >= 0.3 is 0 Å². The number of hydrogen-bond acceptors (Lipinski definition) is 1. The maximum Gasteiger partial charge on any atom is 0.0409 e. The van der Waals surface area contributed by atoms with Crippen molar-refractivity contribution in [2.45, 2.75) is 39.8 Å². The molecule has 21 heavy (non-hydrogen) atoms. The fraction of sp³-hybridized carbons (Fsp3) is 0.368. The highest BCUT2D eigenvalue weighted by Gasteiger charge is 2.38. The Morgan fingerprint density at radius 2 is 1.86 bits per heavy atom. The van der Waals surface area contributed by atoms with E-state index in [1.54, 1.807) is 0 Å². The minimum absolute atomic E-state index is 0.220. The summed E-state index contributed by atoms with van der Waals surface area (Å²) in [4.78, 5) is 0. The summed E-state index contributed by atoms with van der Waals surface area (Å²) in [5, 5.41) is 4.56. The zero-order valence-electron chi connectivity index (χ0n) is 12.9. The van der Waals surface area contributed by atoms with Crippen molar-refractivity contribution in [1.82, 2.24) is 5.32 Å². The van der Waals surface area contributed by atoms with Gasteiger partial charge < -0.3 is 5.32 Å². The van der Waals surface area contributed by atoms with Gasteiger partial charge in [0.15, 0.2) is 0 Å². The second-order valence-electron chi connectivity index (χ2n) is 6.81. The Morgan fingerprint density at radius 3 is 2.57 bits per heavy atom. The molecular weight excluding hydrogens is 278 g/mol. The monoisotopic (exact) mass is 299 g/mol. The van der Waals surface area contributed by atoms with E-state index in [0.29, 0.717) is 6.04 Å². The van der Waals surface area contributed by atoms with Crippen molar-refractivity contribution in [3.63, 3.8) is 0 Å². The molecule has 1 N–H and O–H groups in total. The largest absolute Gasteiger partial charge is 0.305 e. The number of hydrogen-bond donors (Lipinski definition) is 1. The van der Waals surface area contributed by atoms with Crippen molar-refractivity contribution < 1.29 is 0 Å². The Labute approximate surface area is 132 Å². The Bertz CT molecular complexity index is 643. The Kier molecular flexibility index (Phi) is 3.81. The van der Waals surface area contributed by atoms with Gasteiger partial charge in [0.25, 0.3) is 0 Å². The summed E-state index contributed by atoms with van der Waals surface area (Å²) >= 11 is 6.19. The van der Waals surface area contributed by atoms with Crippen LogP contribution in [0.5, 0.6) is 0 Å². The molecule has 0 bridgehead atoms. The molecule has 1 unspecified atom stereocenters. The summed E-state index contributed by atoms with van der Waals surface area (Å²) in [6, 6.07) is 15.4. The number of benzene rings is 2. The van der Waals surface area contributed by atoms with Crippen LogP contribution >= 0.6 is 11.6 Å². The number of fused-ring (bicyclic) bond motifs is 1. The van der Waals surface area contributed by atoms with Crippen molar-refractivity contribution in [1.29, 1.82) is 0 Å². The van der Waals surface area contributed by atoms with Gasteiger partial charge in [0.05, 0.1) is 0 Å². The molecule has 3 rings (SSSR count). The van der Waals surface area contributed by atoms with Crippen LogP contribution in [-0.2, 0) is 13.0 Å². The highest BCUT2D eigenvalue weighted by Crippen LogP contribution is 2.45. The summed E-state index contributed by atoms with van der Waals surface area (Å²) in [5.41, 5.74) is 5.63. The van der Waals surface area contributed by atoms with Crippen LogP contribution in [0.25, 0.3) is 0 Å². The van der Waals surface area contributed by atoms with Crippen molar-refractivity contribution in [2.75, 3.05) is 0 Å². The van der Waals surface area contributed by atoms with Crippen molar-refractivity contribution in [3.8, 4) is 0 Å². The molecule has 0 amide bonds. The third kappa shape index (κ3) is 3.00. The fourth-order valence-corrected chi connectivity index (χ4v) is 3.50. The second kappa shape index (κ2) is 5.47. The van der Waals surface area contributed by atoms with Gasteiger partial charge in [-0.1, -0.05) is 61.3 Å². The number of halogens is 1. The maximum absolute atomic E-state index is 6.19. The number of rotatable bonds is 3. The quantitative estimate of drug-likeness (QED) is 0.835. The van der Waals surface area contributed by atoms with Gasteiger partial charge in [-0.2, -0.15) is 0 Å². The summed E-state index contributed by atoms with van der Waals surface area (Å²) in [5.74, 6) is 0. The van der Waals surface area contributed by atoms with Gasteiger partial charge in [-0.05, 0) is 47.6 Å². The summed E-state index contributed by atoms with van der Waals surface area (Å²) in [6.45, 7) is 7.66. The van der Waals surface area contributed by atoms with Gasteiger partial charge in [-0.3, -0.25) is 0 Å². The summed E-state index contributed by atoms with van der Waals surface area (Å²) in [6.07, 6.45) is 1.10. The topological polar surface area (TPSA) is 12.0 Å². The lowest BCUT2D eigenvalue weighted by Gasteiger charge is -2.29. The van der Waals surface area contributed by atoms with Crippen molar-refractivity contribution in [3.05, 3.63) is 69.7 Å². The summed E-state index contributed by atoms with van der Waals surface area (Å²) < 4.78 is 0. The molecule has 0 heterocycles. The first-order valence-corrected chi connectivity index (χ1v) is 7.91. The smallest absolute Gasteiger partial charge is 0.0409 e. The Morgan fingerprint density at radius 1 is 1.14 bits per heavy atom. The summed E-state index contributed by atoms with van der Waals surface area (Å²) in [7, 11) is 0. The average molecular weight is 300 g/mol. The second-order valence-corrected chi connectivity index (χ2v) is 7.24. The van der Waals surface area contributed by atoms with E-state index in [1.165, 1.54) is 22.3 Å². The van der Waals surface area contributed by atoms with Crippen LogP contribution in [-0.4, -0.2) is 0 Å². The zero-order valence-corrected chi connectivity index (χ0v) is 13.7. The Hall–Kier alpha value is -1.31. The molecule has 0 aromatic heterocycles. The van der Waals surface area contributed by atoms with Gasteiger partial charge in [-0.15, -0.1) is 0 Å². The molecule has 0 aliphatic heterocycles. The van der Waals surface area contributed by atoms with Gasteiger partial charge in [-0.25, -0.2) is 0 Å². The molecule has 0 radical (unpaired) electrons. The van der Waals surface area contributed by atoms with Crippen LogP contribution in [0.4, 0.5) is 0 Å². The predicted octanol–water partition coefficient (Wildman–Crippen LogP) is 5.06. The molecule has 1 aliphatic rings. The SMILES string of the molecule is Cc1ccc(CNC2c3cc(Cl)ccc3CC2(C)C)cc1. The molecule has 2 aromatic carbocycles. The van der Waals surface area contributed by atoms with Crippen LogP contribution in [0.2, 0.25) is 5.02 Å². The normalized spacial score (nSPS) is 19.5. The first-order valence-electron chi connectivity index (χ1n) is 7.53. The molecule has 1 atom stereocenters. The highest BCUT2D eigenvalue weighted by atomic mass is 35.5. The third-order valence-corrected chi connectivity index (χ3v) is 4.71. The molecule has 0 fully saturated rings. The Balaban J connectivity index is 1.81. The minimum atomic E-state index is 0.220. The molecule has 2 aromatic rings. The fourth-order valence-electron chi connectivity index (χ4n) is 3.32. The molecule has 0 saturated heterocycles. The third-order valence-electron chi connectivity index (χ3n) is 4.48. The molecule has 0 spiro atoms. The molecule has 0 saturated carbocycles. The van der Waals surface area contributed by atoms with Crippen LogP contribution < -0.4 is 5.32 Å². The molecule has 2 heteroatoms. The van der Waals surface area contributed by atoms with Crippen LogP contribution in [0.15, 0.2) is 42.5 Å². The number of aryl methyl sites for hydroxylation is 1. The van der Waals surface area contributed by atoms with E-state index in [0.717, 1.165) is 18.0 Å². The molecular formula is C19H22ClN. The minimum Gasteiger partial charge on any atom is -0.305 e. The average Bonchev–Trinajstić information content (AvgIpc) is 2.68. The molecule has 1 aliphatic carbocycles.